The molecule has 0 saturated carbocycles. The molecule has 0 bridgehead atoms. The number of hydrogen-bond acceptors (Lipinski definition) is 1. The Morgan fingerprint density at radius 1 is 1.07 bits per heavy atom. The van der Waals surface area contributed by atoms with Crippen LogP contribution in [0.1, 0.15) is 11.3 Å². The highest BCUT2D eigenvalue weighted by Gasteiger charge is 2.51. The fourth-order valence-electron chi connectivity index (χ4n) is 3.61. The van der Waals surface area contributed by atoms with Crippen molar-refractivity contribution >= 4 is 24.4 Å². The van der Waals surface area contributed by atoms with Crippen molar-refractivity contribution in [2.24, 2.45) is 0 Å². The molecule has 0 fully saturated rings. The summed E-state index contributed by atoms with van der Waals surface area (Å²) < 4.78 is 31.7. The van der Waals surface area contributed by atoms with Gasteiger partial charge in [0, 0.05) is 23.5 Å². The Bertz CT molecular complexity index is 1060. The molecule has 0 unspecified atom stereocenters. The van der Waals surface area contributed by atoms with E-state index in [2.05, 4.69) is 11.8 Å². The van der Waals surface area contributed by atoms with E-state index in [0.29, 0.717) is 24.5 Å². The predicted octanol–water partition coefficient (Wildman–Crippen LogP) is 3.21. The molecule has 3 heterocycles. The van der Waals surface area contributed by atoms with Gasteiger partial charge >= 0.3 is 6.97 Å². The van der Waals surface area contributed by atoms with E-state index in [9.17, 15) is 8.63 Å². The Morgan fingerprint density at radius 2 is 1.78 bits per heavy atom. The van der Waals surface area contributed by atoms with E-state index < -0.39 is 6.97 Å². The average Bonchev–Trinajstić information content (AvgIpc) is 3.33. The quantitative estimate of drug-likeness (QED) is 0.603. The zero-order valence-corrected chi connectivity index (χ0v) is 14.5. The average molecular weight is 359 g/mol. The second-order valence-corrected chi connectivity index (χ2v) is 6.38. The summed E-state index contributed by atoms with van der Waals surface area (Å²) in [5.74, 6) is 5.19. The standard InChI is InChI=1S/C21H16BF2N3/c1-3-13-25(14-4-2)18-11-9-17(10-12-18)21-19-7-5-15-26(19)22(23,24)27-16-6-8-20(21)27/h1-2,5-12,15-16H,13-14H2. The van der Waals surface area contributed by atoms with Crippen molar-refractivity contribution in [3.05, 3.63) is 71.7 Å². The van der Waals surface area contributed by atoms with Gasteiger partial charge in [-0.1, -0.05) is 24.0 Å². The van der Waals surface area contributed by atoms with Crippen molar-refractivity contribution in [3.63, 3.8) is 0 Å². The molecular weight excluding hydrogens is 343 g/mol. The van der Waals surface area contributed by atoms with Crippen LogP contribution < -0.4 is 4.90 Å². The molecule has 27 heavy (non-hydrogen) atoms. The minimum atomic E-state index is -3.88. The van der Waals surface area contributed by atoms with Crippen LogP contribution in [0.4, 0.5) is 14.3 Å². The number of nitrogens with zero attached hydrogens (tertiary/aromatic N) is 3. The highest BCUT2D eigenvalue weighted by Crippen LogP contribution is 2.38. The van der Waals surface area contributed by atoms with Crippen LogP contribution in [0.15, 0.2) is 60.4 Å². The second kappa shape index (κ2) is 6.34. The van der Waals surface area contributed by atoms with Crippen molar-refractivity contribution in [1.82, 2.24) is 4.48 Å². The first-order valence-electron chi connectivity index (χ1n) is 8.54. The molecule has 0 atom stereocenters. The van der Waals surface area contributed by atoms with E-state index >= 15 is 0 Å². The number of rotatable bonds is 4. The van der Waals surface area contributed by atoms with Gasteiger partial charge in [-0.05, 0) is 36.0 Å². The molecule has 0 amide bonds. The summed E-state index contributed by atoms with van der Waals surface area (Å²) in [5.41, 5.74) is 3.52. The lowest BCUT2D eigenvalue weighted by atomic mass is 9.86. The Kier molecular flexibility index (Phi) is 3.98. The number of benzene rings is 1. The van der Waals surface area contributed by atoms with Gasteiger partial charge in [-0.15, -0.1) is 12.8 Å². The van der Waals surface area contributed by atoms with Gasteiger partial charge in [0.25, 0.3) is 0 Å². The molecular formula is C21H16BF2N3. The topological polar surface area (TPSA) is 11.2 Å². The first-order chi connectivity index (χ1) is 13.1. The van der Waals surface area contributed by atoms with Gasteiger partial charge in [-0.3, -0.25) is 0 Å². The molecule has 132 valence electrons. The van der Waals surface area contributed by atoms with Crippen LogP contribution in [0.25, 0.3) is 5.57 Å². The molecule has 3 nitrogen and oxygen atoms in total. The lowest BCUT2D eigenvalue weighted by molar-refractivity contribution is -0.356. The van der Waals surface area contributed by atoms with Crippen molar-refractivity contribution in [2.75, 3.05) is 18.0 Å². The van der Waals surface area contributed by atoms with Gasteiger partial charge in [0.2, 0.25) is 0 Å². The SMILES string of the molecule is C#CCN(CC#C)c1ccc(C2=C3C=CC=[N+]3[B-](F)(F)n3cccc32)cc1. The smallest absolute Gasteiger partial charge is 0.396 e. The third kappa shape index (κ3) is 2.58. The molecule has 1 aromatic heterocycles. The van der Waals surface area contributed by atoms with E-state index in [-0.39, 0.29) is 0 Å². The summed E-state index contributed by atoms with van der Waals surface area (Å²) in [6.07, 6.45) is 17.0. The van der Waals surface area contributed by atoms with Crippen LogP contribution in [0.5, 0.6) is 0 Å². The molecule has 0 spiro atoms. The molecule has 0 radical (unpaired) electrons. The zero-order chi connectivity index (χ0) is 19.0. The lowest BCUT2D eigenvalue weighted by Crippen LogP contribution is -2.49. The van der Waals surface area contributed by atoms with E-state index in [1.54, 1.807) is 24.3 Å². The van der Waals surface area contributed by atoms with Gasteiger partial charge < -0.3 is 22.5 Å². The summed E-state index contributed by atoms with van der Waals surface area (Å²) in [6, 6.07) is 11.0. The van der Waals surface area contributed by atoms with Gasteiger partial charge in [0.15, 0.2) is 5.70 Å². The highest BCUT2D eigenvalue weighted by molar-refractivity contribution is 6.57. The molecule has 2 aliphatic heterocycles. The Morgan fingerprint density at radius 3 is 2.44 bits per heavy atom. The highest BCUT2D eigenvalue weighted by atomic mass is 19.2. The summed E-state index contributed by atoms with van der Waals surface area (Å²) in [5, 5.41) is 0. The number of aromatic nitrogens is 1. The molecule has 6 heteroatoms. The summed E-state index contributed by atoms with van der Waals surface area (Å²) >= 11 is 0. The largest absolute Gasteiger partial charge is 0.737 e. The molecule has 0 N–H and O–H groups in total. The molecule has 4 rings (SSSR count). The van der Waals surface area contributed by atoms with Gasteiger partial charge in [-0.25, -0.2) is 0 Å². The zero-order valence-electron chi connectivity index (χ0n) is 14.5. The summed E-state index contributed by atoms with van der Waals surface area (Å²) in [6.45, 7) is -3.08. The maximum Gasteiger partial charge on any atom is 0.737 e. The number of anilines is 1. The second-order valence-electron chi connectivity index (χ2n) is 6.38. The Balaban J connectivity index is 1.80. The molecule has 1 aromatic carbocycles. The van der Waals surface area contributed by atoms with Gasteiger partial charge in [-0.2, -0.15) is 0 Å². The van der Waals surface area contributed by atoms with E-state index in [1.807, 2.05) is 29.2 Å². The van der Waals surface area contributed by atoms with E-state index in [4.69, 9.17) is 12.8 Å². The van der Waals surface area contributed by atoms with Gasteiger partial charge in [0.1, 0.15) is 6.21 Å². The normalized spacial score (nSPS) is 16.2. The lowest BCUT2D eigenvalue weighted by Gasteiger charge is -2.31. The van der Waals surface area contributed by atoms with Crippen molar-refractivity contribution in [2.45, 2.75) is 0 Å². The van der Waals surface area contributed by atoms with Crippen molar-refractivity contribution in [1.29, 1.82) is 0 Å². The fraction of sp³-hybridized carbons (Fsp3) is 0.0952. The summed E-state index contributed by atoms with van der Waals surface area (Å²) in [7, 11) is 0. The Labute approximate surface area is 157 Å². The minimum absolute atomic E-state index is 0.403. The molecule has 2 aliphatic rings. The molecule has 0 saturated heterocycles. The third-order valence-electron chi connectivity index (χ3n) is 4.82. The number of hydrogen-bond donors (Lipinski definition) is 0. The maximum atomic E-state index is 14.8. The van der Waals surface area contributed by atoms with Crippen LogP contribution in [-0.2, 0) is 0 Å². The summed E-state index contributed by atoms with van der Waals surface area (Å²) in [4.78, 5) is 1.90. The van der Waals surface area contributed by atoms with Crippen molar-refractivity contribution < 1.29 is 13.1 Å². The van der Waals surface area contributed by atoms with E-state index in [1.165, 1.54) is 12.4 Å². The maximum absolute atomic E-state index is 14.8. The molecule has 2 aromatic rings. The van der Waals surface area contributed by atoms with E-state index in [0.717, 1.165) is 25.8 Å². The van der Waals surface area contributed by atoms with Crippen LogP contribution in [0.2, 0.25) is 0 Å². The number of allylic oxidation sites excluding steroid dienone is 2. The van der Waals surface area contributed by atoms with Crippen LogP contribution in [-0.4, -0.2) is 35.2 Å². The predicted molar refractivity (Wildman–Crippen MR) is 106 cm³/mol. The monoisotopic (exact) mass is 359 g/mol. The van der Waals surface area contributed by atoms with Crippen LogP contribution >= 0.6 is 0 Å². The van der Waals surface area contributed by atoms with Crippen LogP contribution in [0.3, 0.4) is 0 Å². The fourth-order valence-corrected chi connectivity index (χ4v) is 3.61. The first-order valence-corrected chi connectivity index (χ1v) is 8.54. The third-order valence-corrected chi connectivity index (χ3v) is 4.82. The number of terminal acetylenes is 2. The first kappa shape index (κ1) is 16.9. The van der Waals surface area contributed by atoms with Gasteiger partial charge in [0.05, 0.1) is 18.7 Å². The number of fused-ring (bicyclic) bond motifs is 2. The van der Waals surface area contributed by atoms with Crippen LogP contribution in [0, 0.1) is 24.7 Å². The molecule has 0 aliphatic carbocycles. The van der Waals surface area contributed by atoms with Crippen molar-refractivity contribution in [3.8, 4) is 24.7 Å². The Hall–Kier alpha value is -3.51. The number of halogens is 2. The minimum Gasteiger partial charge on any atom is -0.396 e.